The molecule has 0 aliphatic rings. The summed E-state index contributed by atoms with van der Waals surface area (Å²) in [4.78, 5) is 0. The quantitative estimate of drug-likeness (QED) is 0.894. The average Bonchev–Trinajstić information content (AvgIpc) is 2.45. The maximum atomic E-state index is 13.2. The van der Waals surface area contributed by atoms with Gasteiger partial charge >= 0.3 is 0 Å². The largest absolute Gasteiger partial charge is 0.497 e. The van der Waals surface area contributed by atoms with E-state index in [4.69, 9.17) is 9.47 Å². The van der Waals surface area contributed by atoms with Crippen molar-refractivity contribution in [3.8, 4) is 11.5 Å². The molecule has 4 heteroatoms. The fourth-order valence-electron chi connectivity index (χ4n) is 1.82. The normalized spacial score (nSPS) is 10.1. The molecule has 0 spiro atoms. The molecule has 0 unspecified atom stereocenters. The van der Waals surface area contributed by atoms with Crippen LogP contribution in [-0.2, 0) is 6.54 Å². The highest BCUT2D eigenvalue weighted by Gasteiger charge is 2.04. The highest BCUT2D eigenvalue weighted by molar-refractivity contribution is 5.49. The van der Waals surface area contributed by atoms with Crippen LogP contribution in [0.15, 0.2) is 42.5 Å². The lowest BCUT2D eigenvalue weighted by molar-refractivity contribution is 0.409. The first-order chi connectivity index (χ1) is 9.22. The van der Waals surface area contributed by atoms with E-state index in [1.807, 2.05) is 24.3 Å². The topological polar surface area (TPSA) is 30.5 Å². The SMILES string of the molecule is COc1cccc(NCc2cc(F)ccc2OC)c1. The Bertz CT molecular complexity index is 558. The smallest absolute Gasteiger partial charge is 0.124 e. The Morgan fingerprint density at radius 3 is 2.63 bits per heavy atom. The maximum Gasteiger partial charge on any atom is 0.124 e. The van der Waals surface area contributed by atoms with E-state index in [0.717, 1.165) is 17.0 Å². The first-order valence-electron chi connectivity index (χ1n) is 5.93. The Balaban J connectivity index is 2.11. The number of anilines is 1. The third kappa shape index (κ3) is 3.37. The number of hydrogen-bond acceptors (Lipinski definition) is 3. The van der Waals surface area contributed by atoms with Gasteiger partial charge in [-0.1, -0.05) is 6.07 Å². The van der Waals surface area contributed by atoms with Crippen molar-refractivity contribution in [2.75, 3.05) is 19.5 Å². The number of rotatable bonds is 5. The lowest BCUT2D eigenvalue weighted by Gasteiger charge is -2.11. The van der Waals surface area contributed by atoms with Crippen LogP contribution >= 0.6 is 0 Å². The predicted octanol–water partition coefficient (Wildman–Crippen LogP) is 3.46. The van der Waals surface area contributed by atoms with Crippen molar-refractivity contribution in [2.45, 2.75) is 6.54 Å². The van der Waals surface area contributed by atoms with Crippen LogP contribution in [0.2, 0.25) is 0 Å². The van der Waals surface area contributed by atoms with Gasteiger partial charge in [-0.25, -0.2) is 4.39 Å². The van der Waals surface area contributed by atoms with Crippen LogP contribution in [-0.4, -0.2) is 14.2 Å². The molecule has 0 fully saturated rings. The van der Waals surface area contributed by atoms with Crippen LogP contribution in [0.1, 0.15) is 5.56 Å². The Morgan fingerprint density at radius 2 is 1.89 bits per heavy atom. The van der Waals surface area contributed by atoms with Crippen LogP contribution < -0.4 is 14.8 Å². The molecule has 0 aliphatic heterocycles. The molecular weight excluding hydrogens is 245 g/mol. The Kier molecular flexibility index (Phi) is 4.23. The minimum absolute atomic E-state index is 0.275. The molecule has 0 saturated carbocycles. The summed E-state index contributed by atoms with van der Waals surface area (Å²) in [5, 5.41) is 3.21. The van der Waals surface area contributed by atoms with Crippen LogP contribution in [0, 0.1) is 5.82 Å². The second kappa shape index (κ2) is 6.09. The monoisotopic (exact) mass is 261 g/mol. The molecule has 0 amide bonds. The summed E-state index contributed by atoms with van der Waals surface area (Å²) in [6, 6.07) is 12.0. The van der Waals surface area contributed by atoms with Crippen molar-refractivity contribution in [2.24, 2.45) is 0 Å². The van der Waals surface area contributed by atoms with Gasteiger partial charge in [0, 0.05) is 23.9 Å². The number of methoxy groups -OCH3 is 2. The van der Waals surface area contributed by atoms with Crippen LogP contribution in [0.25, 0.3) is 0 Å². The Morgan fingerprint density at radius 1 is 1.05 bits per heavy atom. The zero-order chi connectivity index (χ0) is 13.7. The fraction of sp³-hybridized carbons (Fsp3) is 0.200. The lowest BCUT2D eigenvalue weighted by atomic mass is 10.2. The number of ether oxygens (including phenoxy) is 2. The molecule has 0 atom stereocenters. The van der Waals surface area contributed by atoms with Crippen LogP contribution in [0.4, 0.5) is 10.1 Å². The van der Waals surface area contributed by atoms with E-state index in [2.05, 4.69) is 5.32 Å². The maximum absolute atomic E-state index is 13.2. The van der Waals surface area contributed by atoms with Gasteiger partial charge in [0.05, 0.1) is 14.2 Å². The summed E-state index contributed by atoms with van der Waals surface area (Å²) in [5.74, 6) is 1.16. The molecule has 0 bridgehead atoms. The van der Waals surface area contributed by atoms with Gasteiger partial charge in [0.25, 0.3) is 0 Å². The first-order valence-corrected chi connectivity index (χ1v) is 5.93. The molecule has 2 rings (SSSR count). The molecule has 19 heavy (non-hydrogen) atoms. The third-order valence-corrected chi connectivity index (χ3v) is 2.80. The van der Waals surface area contributed by atoms with Gasteiger partial charge in [0.2, 0.25) is 0 Å². The molecule has 2 aromatic carbocycles. The molecule has 2 aromatic rings. The Labute approximate surface area is 112 Å². The van der Waals surface area contributed by atoms with Gasteiger partial charge in [0.15, 0.2) is 0 Å². The van der Waals surface area contributed by atoms with Gasteiger partial charge < -0.3 is 14.8 Å². The van der Waals surface area contributed by atoms with E-state index in [1.165, 1.54) is 12.1 Å². The molecule has 100 valence electrons. The van der Waals surface area contributed by atoms with Gasteiger partial charge in [-0.3, -0.25) is 0 Å². The highest BCUT2D eigenvalue weighted by atomic mass is 19.1. The Hall–Kier alpha value is -2.23. The third-order valence-electron chi connectivity index (χ3n) is 2.80. The minimum atomic E-state index is -0.275. The first kappa shape index (κ1) is 13.2. The molecule has 0 heterocycles. The van der Waals surface area contributed by atoms with E-state index in [-0.39, 0.29) is 5.82 Å². The van der Waals surface area contributed by atoms with Crippen molar-refractivity contribution in [1.29, 1.82) is 0 Å². The predicted molar refractivity (Wildman–Crippen MR) is 73.3 cm³/mol. The zero-order valence-electron chi connectivity index (χ0n) is 10.9. The van der Waals surface area contributed by atoms with Crippen molar-refractivity contribution < 1.29 is 13.9 Å². The fourth-order valence-corrected chi connectivity index (χ4v) is 1.82. The second-order valence-corrected chi connectivity index (χ2v) is 4.04. The summed E-state index contributed by atoms with van der Waals surface area (Å²) in [6.45, 7) is 0.480. The van der Waals surface area contributed by atoms with E-state index < -0.39 is 0 Å². The molecule has 3 nitrogen and oxygen atoms in total. The number of hydrogen-bond donors (Lipinski definition) is 1. The summed E-state index contributed by atoms with van der Waals surface area (Å²) >= 11 is 0. The van der Waals surface area contributed by atoms with Crippen LogP contribution in [0.5, 0.6) is 11.5 Å². The van der Waals surface area contributed by atoms with Gasteiger partial charge in [0.1, 0.15) is 17.3 Å². The van der Waals surface area contributed by atoms with Gasteiger partial charge in [-0.2, -0.15) is 0 Å². The summed E-state index contributed by atoms with van der Waals surface area (Å²) in [7, 11) is 3.19. The van der Waals surface area contributed by atoms with Crippen molar-refractivity contribution in [3.63, 3.8) is 0 Å². The minimum Gasteiger partial charge on any atom is -0.497 e. The summed E-state index contributed by atoms with van der Waals surface area (Å²) in [6.07, 6.45) is 0. The molecule has 0 radical (unpaired) electrons. The van der Waals surface area contributed by atoms with Crippen LogP contribution in [0.3, 0.4) is 0 Å². The average molecular weight is 261 g/mol. The zero-order valence-corrected chi connectivity index (χ0v) is 10.9. The number of halogens is 1. The molecule has 0 aromatic heterocycles. The molecular formula is C15H16FNO2. The molecule has 0 saturated heterocycles. The van der Waals surface area contributed by atoms with Gasteiger partial charge in [-0.15, -0.1) is 0 Å². The lowest BCUT2D eigenvalue weighted by Crippen LogP contribution is -2.02. The van der Waals surface area contributed by atoms with Crippen molar-refractivity contribution >= 4 is 5.69 Å². The van der Waals surface area contributed by atoms with E-state index >= 15 is 0 Å². The van der Waals surface area contributed by atoms with Crippen molar-refractivity contribution in [1.82, 2.24) is 0 Å². The van der Waals surface area contributed by atoms with E-state index in [9.17, 15) is 4.39 Å². The van der Waals surface area contributed by atoms with Gasteiger partial charge in [-0.05, 0) is 30.3 Å². The van der Waals surface area contributed by atoms with Crippen molar-refractivity contribution in [3.05, 3.63) is 53.8 Å². The summed E-state index contributed by atoms with van der Waals surface area (Å²) < 4.78 is 23.6. The van der Waals surface area contributed by atoms with E-state index in [1.54, 1.807) is 20.3 Å². The number of benzene rings is 2. The second-order valence-electron chi connectivity index (χ2n) is 4.04. The number of nitrogens with one attached hydrogen (secondary N) is 1. The standard InChI is InChI=1S/C15H16FNO2/c1-18-14-5-3-4-13(9-14)17-10-11-8-12(16)6-7-15(11)19-2/h3-9,17H,10H2,1-2H3. The highest BCUT2D eigenvalue weighted by Crippen LogP contribution is 2.22. The molecule has 1 N–H and O–H groups in total. The van der Waals surface area contributed by atoms with E-state index in [0.29, 0.717) is 12.3 Å². The molecule has 0 aliphatic carbocycles. The summed E-state index contributed by atoms with van der Waals surface area (Å²) in [5.41, 5.74) is 1.68.